The summed E-state index contributed by atoms with van der Waals surface area (Å²) in [6, 6.07) is 1.67. The molecule has 0 saturated carbocycles. The lowest BCUT2D eigenvalue weighted by molar-refractivity contribution is -0.122. The van der Waals surface area contributed by atoms with Gasteiger partial charge < -0.3 is 10.1 Å². The number of carbonyl (C=O) groups excluding carboxylic acids is 1. The summed E-state index contributed by atoms with van der Waals surface area (Å²) in [6.45, 7) is -0.0405. The molecule has 0 aliphatic carbocycles. The molecule has 1 N–H and O–H groups in total. The summed E-state index contributed by atoms with van der Waals surface area (Å²) in [5, 5.41) is 3.01. The topological polar surface area (TPSA) is 51.2 Å². The molecule has 76 valence electrons. The molecule has 6 heteroatoms. The second-order valence-electron chi connectivity index (χ2n) is 2.40. The zero-order chi connectivity index (χ0) is 10.6. The van der Waals surface area contributed by atoms with E-state index in [9.17, 15) is 4.79 Å². The molecular weight excluding hydrogens is 318 g/mol. The Morgan fingerprint density at radius 3 is 3.07 bits per heavy atom. The third-order valence-electron chi connectivity index (χ3n) is 1.41. The monoisotopic (exact) mass is 326 g/mol. The van der Waals surface area contributed by atoms with Crippen molar-refractivity contribution < 1.29 is 9.53 Å². The van der Waals surface area contributed by atoms with Crippen LogP contribution in [0.3, 0.4) is 0 Å². The number of halogens is 2. The van der Waals surface area contributed by atoms with E-state index in [-0.39, 0.29) is 12.5 Å². The Hall–Kier alpha value is -0.560. The van der Waals surface area contributed by atoms with Crippen molar-refractivity contribution in [1.82, 2.24) is 10.3 Å². The van der Waals surface area contributed by atoms with Crippen molar-refractivity contribution in [1.29, 1.82) is 0 Å². The number of nitrogens with one attached hydrogen (secondary N) is 1. The molecule has 1 aromatic rings. The van der Waals surface area contributed by atoms with Gasteiger partial charge in [0.05, 0.1) is 11.2 Å². The van der Waals surface area contributed by atoms with Gasteiger partial charge in [-0.25, -0.2) is 4.98 Å². The van der Waals surface area contributed by atoms with Crippen LogP contribution >= 0.6 is 34.2 Å². The van der Waals surface area contributed by atoms with Gasteiger partial charge in [0.2, 0.25) is 5.88 Å². The van der Waals surface area contributed by atoms with Crippen LogP contribution in [-0.4, -0.2) is 24.5 Å². The van der Waals surface area contributed by atoms with E-state index in [1.807, 2.05) is 0 Å². The maximum atomic E-state index is 10.8. The third kappa shape index (κ3) is 3.30. The number of amides is 1. The van der Waals surface area contributed by atoms with Gasteiger partial charge in [0.15, 0.2) is 6.61 Å². The molecule has 1 heterocycles. The fraction of sp³-hybridized carbons (Fsp3) is 0.250. The molecular formula is C8H8ClIN2O2. The second-order valence-corrected chi connectivity index (χ2v) is 3.97. The van der Waals surface area contributed by atoms with Crippen LogP contribution < -0.4 is 10.1 Å². The van der Waals surface area contributed by atoms with Crippen LogP contribution in [-0.2, 0) is 4.79 Å². The highest BCUT2D eigenvalue weighted by molar-refractivity contribution is 14.1. The predicted molar refractivity (Wildman–Crippen MR) is 61.5 cm³/mol. The van der Waals surface area contributed by atoms with Crippen LogP contribution in [0.2, 0.25) is 5.02 Å². The van der Waals surface area contributed by atoms with Crippen molar-refractivity contribution in [2.45, 2.75) is 0 Å². The van der Waals surface area contributed by atoms with Gasteiger partial charge in [0.25, 0.3) is 5.91 Å². The van der Waals surface area contributed by atoms with E-state index in [1.165, 1.54) is 6.20 Å². The molecule has 0 saturated heterocycles. The highest BCUT2D eigenvalue weighted by Crippen LogP contribution is 2.20. The second kappa shape index (κ2) is 5.35. The first kappa shape index (κ1) is 11.5. The molecule has 14 heavy (non-hydrogen) atoms. The summed E-state index contributed by atoms with van der Waals surface area (Å²) < 4.78 is 5.95. The number of nitrogens with zero attached hydrogens (tertiary/aromatic N) is 1. The van der Waals surface area contributed by atoms with Crippen LogP contribution in [0, 0.1) is 3.57 Å². The largest absolute Gasteiger partial charge is 0.468 e. The van der Waals surface area contributed by atoms with Crippen LogP contribution in [0.5, 0.6) is 5.88 Å². The fourth-order valence-electron chi connectivity index (χ4n) is 0.687. The SMILES string of the molecule is CNC(=O)COc1cc(I)c(Cl)cn1. The molecule has 0 aromatic carbocycles. The lowest BCUT2D eigenvalue weighted by Gasteiger charge is -2.04. The zero-order valence-electron chi connectivity index (χ0n) is 7.38. The molecule has 4 nitrogen and oxygen atoms in total. The number of likely N-dealkylation sites (N-methyl/N-ethyl adjacent to an activating group) is 1. The van der Waals surface area contributed by atoms with Crippen molar-refractivity contribution in [3.05, 3.63) is 20.9 Å². The summed E-state index contributed by atoms with van der Waals surface area (Å²) in [7, 11) is 1.55. The fourth-order valence-corrected chi connectivity index (χ4v) is 1.20. The molecule has 0 aliphatic heterocycles. The average Bonchev–Trinajstić information content (AvgIpc) is 2.19. The number of aromatic nitrogens is 1. The standard InChI is InChI=1S/C8H8ClIN2O2/c1-11-7(13)4-14-8-2-6(10)5(9)3-12-8/h2-3H,4H2,1H3,(H,11,13). The zero-order valence-corrected chi connectivity index (χ0v) is 10.3. The van der Waals surface area contributed by atoms with Crippen molar-refractivity contribution >= 4 is 40.1 Å². The van der Waals surface area contributed by atoms with E-state index >= 15 is 0 Å². The van der Waals surface area contributed by atoms with Crippen molar-refractivity contribution in [2.75, 3.05) is 13.7 Å². The van der Waals surface area contributed by atoms with Crippen molar-refractivity contribution in [3.63, 3.8) is 0 Å². The summed E-state index contributed by atoms with van der Waals surface area (Å²) in [5.74, 6) is 0.194. The summed E-state index contributed by atoms with van der Waals surface area (Å²) in [6.07, 6.45) is 1.49. The maximum absolute atomic E-state index is 10.8. The first-order chi connectivity index (χ1) is 6.63. The Morgan fingerprint density at radius 2 is 2.50 bits per heavy atom. The number of pyridine rings is 1. The van der Waals surface area contributed by atoms with Gasteiger partial charge in [-0.1, -0.05) is 11.6 Å². The molecule has 1 rings (SSSR count). The van der Waals surface area contributed by atoms with Crippen molar-refractivity contribution in [2.24, 2.45) is 0 Å². The van der Waals surface area contributed by atoms with E-state index in [0.29, 0.717) is 10.9 Å². The lowest BCUT2D eigenvalue weighted by atomic mass is 10.5. The minimum Gasteiger partial charge on any atom is -0.468 e. The first-order valence-electron chi connectivity index (χ1n) is 3.78. The predicted octanol–water partition coefficient (Wildman–Crippen LogP) is 1.46. The van der Waals surface area contributed by atoms with Gasteiger partial charge in [-0.15, -0.1) is 0 Å². The molecule has 1 amide bonds. The molecule has 0 atom stereocenters. The molecule has 0 aliphatic rings. The van der Waals surface area contributed by atoms with Crippen LogP contribution in [0.25, 0.3) is 0 Å². The normalized spacial score (nSPS) is 9.64. The Labute approximate surface area is 100 Å². The number of carbonyl (C=O) groups is 1. The minimum absolute atomic E-state index is 0.0405. The minimum atomic E-state index is -0.197. The maximum Gasteiger partial charge on any atom is 0.257 e. The Morgan fingerprint density at radius 1 is 1.79 bits per heavy atom. The summed E-state index contributed by atoms with van der Waals surface area (Å²) in [5.41, 5.74) is 0. The molecule has 0 spiro atoms. The van der Waals surface area contributed by atoms with Gasteiger partial charge in [0.1, 0.15) is 0 Å². The number of rotatable bonds is 3. The van der Waals surface area contributed by atoms with E-state index in [2.05, 4.69) is 32.9 Å². The van der Waals surface area contributed by atoms with E-state index < -0.39 is 0 Å². The average molecular weight is 327 g/mol. The Bertz CT molecular complexity index is 346. The summed E-state index contributed by atoms with van der Waals surface area (Å²) in [4.78, 5) is 14.8. The lowest BCUT2D eigenvalue weighted by Crippen LogP contribution is -2.25. The van der Waals surface area contributed by atoms with E-state index in [0.717, 1.165) is 3.57 Å². The van der Waals surface area contributed by atoms with Gasteiger partial charge in [0, 0.05) is 16.7 Å². The highest BCUT2D eigenvalue weighted by Gasteiger charge is 2.03. The van der Waals surface area contributed by atoms with Gasteiger partial charge in [-0.2, -0.15) is 0 Å². The van der Waals surface area contributed by atoms with E-state index in [1.54, 1.807) is 13.1 Å². The van der Waals surface area contributed by atoms with Crippen LogP contribution in [0.15, 0.2) is 12.3 Å². The molecule has 0 fully saturated rings. The number of hydrogen-bond donors (Lipinski definition) is 1. The Kier molecular flexibility index (Phi) is 4.40. The van der Waals surface area contributed by atoms with Crippen LogP contribution in [0.4, 0.5) is 0 Å². The number of hydrogen-bond acceptors (Lipinski definition) is 3. The van der Waals surface area contributed by atoms with Gasteiger partial charge >= 0.3 is 0 Å². The summed E-state index contributed by atoms with van der Waals surface area (Å²) >= 11 is 7.83. The van der Waals surface area contributed by atoms with E-state index in [4.69, 9.17) is 16.3 Å². The third-order valence-corrected chi connectivity index (χ3v) is 2.93. The van der Waals surface area contributed by atoms with Gasteiger partial charge in [-0.3, -0.25) is 4.79 Å². The molecule has 1 aromatic heterocycles. The Balaban J connectivity index is 2.60. The first-order valence-corrected chi connectivity index (χ1v) is 5.23. The quantitative estimate of drug-likeness (QED) is 0.856. The molecule has 0 radical (unpaired) electrons. The van der Waals surface area contributed by atoms with Gasteiger partial charge in [-0.05, 0) is 22.6 Å². The molecule has 0 unspecified atom stereocenters. The highest BCUT2D eigenvalue weighted by atomic mass is 127. The number of ether oxygens (including phenoxy) is 1. The van der Waals surface area contributed by atoms with Crippen LogP contribution in [0.1, 0.15) is 0 Å². The van der Waals surface area contributed by atoms with Crippen molar-refractivity contribution in [3.8, 4) is 5.88 Å². The smallest absolute Gasteiger partial charge is 0.257 e. The molecule has 0 bridgehead atoms.